The highest BCUT2D eigenvalue weighted by Crippen LogP contribution is 2.12. The number of nitrogen functional groups attached to an aromatic ring is 1. The zero-order valence-corrected chi connectivity index (χ0v) is 12.7. The van der Waals surface area contributed by atoms with E-state index in [2.05, 4.69) is 15.0 Å². The normalized spacial score (nSPS) is 11.0. The third-order valence-corrected chi connectivity index (χ3v) is 2.94. The number of rotatable bonds is 5. The second-order valence-electron chi connectivity index (χ2n) is 5.23. The Kier molecular flexibility index (Phi) is 4.81. The lowest BCUT2D eigenvalue weighted by molar-refractivity contribution is 0.309. The van der Waals surface area contributed by atoms with Crippen LogP contribution in [0, 0.1) is 11.6 Å². The molecule has 0 saturated heterocycles. The van der Waals surface area contributed by atoms with Crippen LogP contribution >= 0.6 is 0 Å². The summed E-state index contributed by atoms with van der Waals surface area (Å²) in [6, 6.07) is 3.84. The van der Waals surface area contributed by atoms with Gasteiger partial charge in [-0.3, -0.25) is 4.90 Å². The van der Waals surface area contributed by atoms with Crippen molar-refractivity contribution in [2.45, 2.75) is 13.1 Å². The fraction of sp³-hybridized carbons (Fsp3) is 0.357. The fourth-order valence-corrected chi connectivity index (χ4v) is 1.94. The van der Waals surface area contributed by atoms with Crippen LogP contribution in [-0.2, 0) is 13.1 Å². The number of hydrogen-bond donors (Lipinski definition) is 1. The summed E-state index contributed by atoms with van der Waals surface area (Å²) in [4.78, 5) is 16.0. The van der Waals surface area contributed by atoms with E-state index in [0.29, 0.717) is 30.4 Å². The van der Waals surface area contributed by atoms with Crippen molar-refractivity contribution >= 4 is 11.9 Å². The molecular formula is C14H18F2N6. The molecule has 0 bridgehead atoms. The predicted molar refractivity (Wildman–Crippen MR) is 80.1 cm³/mol. The van der Waals surface area contributed by atoms with Gasteiger partial charge in [-0.1, -0.05) is 6.07 Å². The molecule has 1 aromatic carbocycles. The van der Waals surface area contributed by atoms with Gasteiger partial charge in [0, 0.05) is 20.6 Å². The molecule has 0 fully saturated rings. The van der Waals surface area contributed by atoms with E-state index >= 15 is 0 Å². The number of halogens is 2. The van der Waals surface area contributed by atoms with E-state index < -0.39 is 11.6 Å². The largest absolute Gasteiger partial charge is 0.368 e. The molecule has 2 aromatic rings. The fourth-order valence-electron chi connectivity index (χ4n) is 1.94. The Hall–Kier alpha value is -2.35. The maximum absolute atomic E-state index is 13.2. The molecule has 0 aliphatic heterocycles. The summed E-state index contributed by atoms with van der Waals surface area (Å²) in [6.45, 7) is 0.840. The predicted octanol–water partition coefficient (Wildman–Crippen LogP) is 1.43. The van der Waals surface area contributed by atoms with Gasteiger partial charge in [0.1, 0.15) is 5.82 Å². The van der Waals surface area contributed by atoms with Crippen LogP contribution in [0.15, 0.2) is 18.2 Å². The molecule has 0 saturated carbocycles. The van der Waals surface area contributed by atoms with Crippen LogP contribution in [0.1, 0.15) is 11.4 Å². The van der Waals surface area contributed by atoms with Gasteiger partial charge in [0.15, 0.2) is 11.6 Å². The first-order chi connectivity index (χ1) is 10.3. The highest BCUT2D eigenvalue weighted by Gasteiger charge is 2.10. The van der Waals surface area contributed by atoms with Gasteiger partial charge in [0.25, 0.3) is 0 Å². The molecule has 1 heterocycles. The van der Waals surface area contributed by atoms with Crippen LogP contribution in [0.2, 0.25) is 0 Å². The van der Waals surface area contributed by atoms with E-state index in [1.165, 1.54) is 6.07 Å². The molecule has 22 heavy (non-hydrogen) atoms. The third kappa shape index (κ3) is 4.08. The Bertz CT molecular complexity index is 662. The average molecular weight is 308 g/mol. The van der Waals surface area contributed by atoms with Gasteiger partial charge in [-0.25, -0.2) is 8.78 Å². The molecule has 0 unspecified atom stereocenters. The van der Waals surface area contributed by atoms with Crippen molar-refractivity contribution < 1.29 is 8.78 Å². The standard InChI is InChI=1S/C14H18F2N6/c1-21(2)14-19-12(18-13(17)20-14)8-22(3)7-9-4-5-10(15)11(16)6-9/h4-6H,7-8H2,1-3H3,(H2,17,18,19,20). The zero-order chi connectivity index (χ0) is 16.3. The smallest absolute Gasteiger partial charge is 0.229 e. The maximum Gasteiger partial charge on any atom is 0.229 e. The number of hydrogen-bond acceptors (Lipinski definition) is 6. The van der Waals surface area contributed by atoms with E-state index in [-0.39, 0.29) is 5.95 Å². The van der Waals surface area contributed by atoms with Crippen molar-refractivity contribution in [2.24, 2.45) is 0 Å². The minimum Gasteiger partial charge on any atom is -0.368 e. The maximum atomic E-state index is 13.2. The minimum absolute atomic E-state index is 0.148. The summed E-state index contributed by atoms with van der Waals surface area (Å²) in [5.74, 6) is -0.572. The topological polar surface area (TPSA) is 71.2 Å². The summed E-state index contributed by atoms with van der Waals surface area (Å²) in [6.07, 6.45) is 0. The highest BCUT2D eigenvalue weighted by atomic mass is 19.2. The monoisotopic (exact) mass is 308 g/mol. The van der Waals surface area contributed by atoms with E-state index in [1.54, 1.807) is 11.0 Å². The van der Waals surface area contributed by atoms with E-state index in [0.717, 1.165) is 6.07 Å². The Balaban J connectivity index is 2.08. The molecule has 0 radical (unpaired) electrons. The van der Waals surface area contributed by atoms with Gasteiger partial charge >= 0.3 is 0 Å². The Morgan fingerprint density at radius 2 is 1.73 bits per heavy atom. The van der Waals surface area contributed by atoms with Crippen LogP contribution in [-0.4, -0.2) is 41.0 Å². The van der Waals surface area contributed by atoms with Crippen LogP contribution in [0.5, 0.6) is 0 Å². The molecule has 0 amide bonds. The van der Waals surface area contributed by atoms with Crippen molar-refractivity contribution in [3.8, 4) is 0 Å². The van der Waals surface area contributed by atoms with Gasteiger partial charge in [-0.2, -0.15) is 15.0 Å². The van der Waals surface area contributed by atoms with Crippen molar-refractivity contribution in [3.63, 3.8) is 0 Å². The van der Waals surface area contributed by atoms with Crippen LogP contribution in [0.25, 0.3) is 0 Å². The van der Waals surface area contributed by atoms with Crippen molar-refractivity contribution in [1.29, 1.82) is 0 Å². The molecule has 0 spiro atoms. The lowest BCUT2D eigenvalue weighted by atomic mass is 10.2. The summed E-state index contributed by atoms with van der Waals surface area (Å²) in [5, 5.41) is 0. The van der Waals surface area contributed by atoms with Gasteiger partial charge < -0.3 is 10.6 Å². The van der Waals surface area contributed by atoms with E-state index in [9.17, 15) is 8.78 Å². The molecule has 0 aliphatic rings. The van der Waals surface area contributed by atoms with Gasteiger partial charge in [0.2, 0.25) is 11.9 Å². The van der Waals surface area contributed by atoms with Gasteiger partial charge in [0.05, 0.1) is 6.54 Å². The van der Waals surface area contributed by atoms with E-state index in [1.807, 2.05) is 26.0 Å². The summed E-state index contributed by atoms with van der Waals surface area (Å²) >= 11 is 0. The second kappa shape index (κ2) is 6.61. The summed E-state index contributed by atoms with van der Waals surface area (Å²) in [5.41, 5.74) is 6.33. The Morgan fingerprint density at radius 1 is 1.00 bits per heavy atom. The number of anilines is 2. The third-order valence-electron chi connectivity index (χ3n) is 2.94. The van der Waals surface area contributed by atoms with Crippen molar-refractivity contribution in [3.05, 3.63) is 41.2 Å². The lowest BCUT2D eigenvalue weighted by Crippen LogP contribution is -2.22. The van der Waals surface area contributed by atoms with Crippen LogP contribution < -0.4 is 10.6 Å². The average Bonchev–Trinajstić information content (AvgIpc) is 2.42. The van der Waals surface area contributed by atoms with Crippen molar-refractivity contribution in [2.75, 3.05) is 31.8 Å². The molecule has 0 aliphatic carbocycles. The number of nitrogens with zero attached hydrogens (tertiary/aromatic N) is 5. The minimum atomic E-state index is -0.856. The first kappa shape index (κ1) is 16.0. The Morgan fingerprint density at radius 3 is 2.36 bits per heavy atom. The quantitative estimate of drug-likeness (QED) is 0.901. The first-order valence-electron chi connectivity index (χ1n) is 6.65. The zero-order valence-electron chi connectivity index (χ0n) is 12.7. The second-order valence-corrected chi connectivity index (χ2v) is 5.23. The summed E-state index contributed by atoms with van der Waals surface area (Å²) < 4.78 is 26.1. The molecule has 0 atom stereocenters. The number of nitrogens with two attached hydrogens (primary N) is 1. The van der Waals surface area contributed by atoms with Gasteiger partial charge in [-0.15, -0.1) is 0 Å². The SMILES string of the molecule is CN(Cc1ccc(F)c(F)c1)Cc1nc(N)nc(N(C)C)n1. The van der Waals surface area contributed by atoms with E-state index in [4.69, 9.17) is 5.73 Å². The molecule has 2 rings (SSSR count). The molecule has 1 aromatic heterocycles. The lowest BCUT2D eigenvalue weighted by Gasteiger charge is -2.17. The van der Waals surface area contributed by atoms with Crippen molar-refractivity contribution in [1.82, 2.24) is 19.9 Å². The molecular weight excluding hydrogens is 290 g/mol. The molecule has 118 valence electrons. The first-order valence-corrected chi connectivity index (χ1v) is 6.65. The Labute approximate surface area is 127 Å². The number of aromatic nitrogens is 3. The van der Waals surface area contributed by atoms with Crippen LogP contribution in [0.4, 0.5) is 20.7 Å². The highest BCUT2D eigenvalue weighted by molar-refractivity contribution is 5.32. The van der Waals surface area contributed by atoms with Gasteiger partial charge in [-0.05, 0) is 24.7 Å². The molecule has 6 nitrogen and oxygen atoms in total. The van der Waals surface area contributed by atoms with Crippen LogP contribution in [0.3, 0.4) is 0 Å². The number of benzene rings is 1. The molecule has 2 N–H and O–H groups in total. The summed E-state index contributed by atoms with van der Waals surface area (Å²) in [7, 11) is 5.45. The molecule has 8 heteroatoms.